The first-order valence-corrected chi connectivity index (χ1v) is 6.77. The van der Waals surface area contributed by atoms with Crippen molar-refractivity contribution in [2.24, 2.45) is 5.73 Å². The predicted octanol–water partition coefficient (Wildman–Crippen LogP) is 2.85. The van der Waals surface area contributed by atoms with Crippen molar-refractivity contribution >= 4 is 29.3 Å². The zero-order chi connectivity index (χ0) is 13.2. The average Bonchev–Trinajstić information content (AvgIpc) is 2.85. The van der Waals surface area contributed by atoms with E-state index >= 15 is 0 Å². The van der Waals surface area contributed by atoms with E-state index in [-0.39, 0.29) is 24.4 Å². The van der Waals surface area contributed by atoms with Gasteiger partial charge < -0.3 is 15.5 Å². The molecule has 2 aromatic rings. The molecule has 0 atom stereocenters. The zero-order valence-electron chi connectivity index (χ0n) is 11.2. The molecule has 1 aromatic carbocycles. The first-order chi connectivity index (χ1) is 9.22. The molecule has 1 aliphatic carbocycles. The molecule has 5 heteroatoms. The molecule has 108 valence electrons. The van der Waals surface area contributed by atoms with Crippen molar-refractivity contribution in [3.63, 3.8) is 0 Å². The quantitative estimate of drug-likeness (QED) is 0.895. The average molecular weight is 295 g/mol. The second-order valence-corrected chi connectivity index (χ2v) is 5.23. The van der Waals surface area contributed by atoms with Crippen LogP contribution in [0.25, 0.3) is 11.0 Å². The van der Waals surface area contributed by atoms with Crippen molar-refractivity contribution in [1.29, 1.82) is 0 Å². The lowest BCUT2D eigenvalue weighted by Crippen LogP contribution is -2.40. The van der Waals surface area contributed by atoms with Crippen molar-refractivity contribution in [1.82, 2.24) is 5.32 Å². The van der Waals surface area contributed by atoms with E-state index in [2.05, 4.69) is 5.32 Å². The third kappa shape index (κ3) is 3.14. The van der Waals surface area contributed by atoms with E-state index in [1.807, 2.05) is 24.3 Å². The summed E-state index contributed by atoms with van der Waals surface area (Å²) in [6.07, 6.45) is 3.86. The molecule has 1 aromatic heterocycles. The number of hydrogen-bond acceptors (Lipinski definition) is 3. The third-order valence-corrected chi connectivity index (χ3v) is 3.76. The molecule has 0 saturated heterocycles. The second-order valence-electron chi connectivity index (χ2n) is 5.23. The van der Waals surface area contributed by atoms with E-state index in [9.17, 15) is 4.79 Å². The van der Waals surface area contributed by atoms with Gasteiger partial charge in [-0.05, 0) is 37.8 Å². The van der Waals surface area contributed by atoms with Crippen LogP contribution in [-0.4, -0.2) is 18.0 Å². The molecule has 0 aliphatic heterocycles. The number of fused-ring (bicyclic) bond motifs is 1. The summed E-state index contributed by atoms with van der Waals surface area (Å²) in [5, 5.41) is 3.99. The zero-order valence-corrected chi connectivity index (χ0v) is 12.0. The fraction of sp³-hybridized carbons (Fsp3) is 0.400. The minimum absolute atomic E-state index is 0. The highest BCUT2D eigenvalue weighted by molar-refractivity contribution is 5.96. The molecule has 0 spiro atoms. The van der Waals surface area contributed by atoms with E-state index in [0.717, 1.165) is 36.7 Å². The number of nitrogens with two attached hydrogens (primary N) is 1. The summed E-state index contributed by atoms with van der Waals surface area (Å²) in [5.41, 5.74) is 6.61. The molecule has 0 radical (unpaired) electrons. The molecule has 1 amide bonds. The highest BCUT2D eigenvalue weighted by atomic mass is 35.5. The number of halogens is 1. The Morgan fingerprint density at radius 2 is 1.90 bits per heavy atom. The number of furan rings is 1. The van der Waals surface area contributed by atoms with Crippen LogP contribution in [0.15, 0.2) is 34.7 Å². The second kappa shape index (κ2) is 6.29. The van der Waals surface area contributed by atoms with E-state index in [0.29, 0.717) is 11.8 Å². The Labute approximate surface area is 124 Å². The van der Waals surface area contributed by atoms with Crippen LogP contribution in [-0.2, 0) is 0 Å². The molecular weight excluding hydrogens is 276 g/mol. The van der Waals surface area contributed by atoms with Crippen LogP contribution < -0.4 is 11.1 Å². The van der Waals surface area contributed by atoms with Gasteiger partial charge in [-0.2, -0.15) is 0 Å². The van der Waals surface area contributed by atoms with Crippen molar-refractivity contribution < 1.29 is 9.21 Å². The maximum absolute atomic E-state index is 12.1. The Hall–Kier alpha value is -1.52. The number of carbonyl (C=O) groups is 1. The van der Waals surface area contributed by atoms with Gasteiger partial charge >= 0.3 is 0 Å². The molecule has 0 unspecified atom stereocenters. The lowest BCUT2D eigenvalue weighted by atomic mass is 9.92. The normalized spacial score (nSPS) is 22.2. The summed E-state index contributed by atoms with van der Waals surface area (Å²) in [4.78, 5) is 12.1. The van der Waals surface area contributed by atoms with Gasteiger partial charge in [0.15, 0.2) is 5.76 Å². The van der Waals surface area contributed by atoms with E-state index in [1.54, 1.807) is 6.07 Å². The van der Waals surface area contributed by atoms with Crippen LogP contribution in [0.2, 0.25) is 0 Å². The smallest absolute Gasteiger partial charge is 0.287 e. The van der Waals surface area contributed by atoms with Gasteiger partial charge in [-0.3, -0.25) is 4.79 Å². The predicted molar refractivity (Wildman–Crippen MR) is 81.2 cm³/mol. The molecule has 1 saturated carbocycles. The molecule has 20 heavy (non-hydrogen) atoms. The first kappa shape index (κ1) is 14.9. The fourth-order valence-corrected chi connectivity index (χ4v) is 2.61. The number of carbonyl (C=O) groups excluding carboxylic acids is 1. The van der Waals surface area contributed by atoms with Gasteiger partial charge in [0.25, 0.3) is 5.91 Å². The Bertz CT molecular complexity index is 555. The molecule has 3 N–H and O–H groups in total. The largest absolute Gasteiger partial charge is 0.451 e. The van der Waals surface area contributed by atoms with Crippen LogP contribution in [0.5, 0.6) is 0 Å². The van der Waals surface area contributed by atoms with Crippen molar-refractivity contribution in [3.8, 4) is 0 Å². The van der Waals surface area contributed by atoms with Gasteiger partial charge in [0.05, 0.1) is 0 Å². The number of benzene rings is 1. The van der Waals surface area contributed by atoms with Gasteiger partial charge in [0.1, 0.15) is 5.58 Å². The van der Waals surface area contributed by atoms with E-state index < -0.39 is 0 Å². The summed E-state index contributed by atoms with van der Waals surface area (Å²) in [6.45, 7) is 0. The summed E-state index contributed by atoms with van der Waals surface area (Å²) in [6, 6.07) is 9.94. The molecule has 1 fully saturated rings. The Balaban J connectivity index is 0.00000147. The highest BCUT2D eigenvalue weighted by Gasteiger charge is 2.21. The van der Waals surface area contributed by atoms with Gasteiger partial charge in [-0.1, -0.05) is 18.2 Å². The first-order valence-electron chi connectivity index (χ1n) is 6.77. The standard InChI is InChI=1S/C15H18N2O2.ClH/c16-11-5-7-12(8-6-11)17-15(18)14-9-10-3-1-2-4-13(10)19-14;/h1-4,9,11-12H,5-8,16H2,(H,17,18);1H. The van der Waals surface area contributed by atoms with Gasteiger partial charge in [0.2, 0.25) is 0 Å². The summed E-state index contributed by atoms with van der Waals surface area (Å²) < 4.78 is 5.56. The van der Waals surface area contributed by atoms with Gasteiger partial charge in [-0.15, -0.1) is 12.4 Å². The molecule has 1 heterocycles. The topological polar surface area (TPSA) is 68.3 Å². The van der Waals surface area contributed by atoms with Gasteiger partial charge in [0, 0.05) is 17.5 Å². The molecule has 1 aliphatic rings. The van der Waals surface area contributed by atoms with Crippen LogP contribution in [0.4, 0.5) is 0 Å². The van der Waals surface area contributed by atoms with Crippen LogP contribution in [0.3, 0.4) is 0 Å². The number of para-hydroxylation sites is 1. The number of hydrogen-bond donors (Lipinski definition) is 2. The lowest BCUT2D eigenvalue weighted by molar-refractivity contribution is 0.0900. The van der Waals surface area contributed by atoms with Crippen molar-refractivity contribution in [2.45, 2.75) is 37.8 Å². The van der Waals surface area contributed by atoms with E-state index in [1.165, 1.54) is 0 Å². The number of nitrogens with one attached hydrogen (secondary N) is 1. The monoisotopic (exact) mass is 294 g/mol. The minimum Gasteiger partial charge on any atom is -0.451 e. The SMILES string of the molecule is Cl.NC1CCC(NC(=O)c2cc3ccccc3o2)CC1. The lowest BCUT2D eigenvalue weighted by Gasteiger charge is -2.26. The molecular formula is C15H19ClN2O2. The maximum atomic E-state index is 12.1. The number of amides is 1. The summed E-state index contributed by atoms with van der Waals surface area (Å²) in [7, 11) is 0. The number of rotatable bonds is 2. The Morgan fingerprint density at radius 1 is 1.20 bits per heavy atom. The van der Waals surface area contributed by atoms with Gasteiger partial charge in [-0.25, -0.2) is 0 Å². The van der Waals surface area contributed by atoms with Crippen LogP contribution in [0, 0.1) is 0 Å². The Morgan fingerprint density at radius 3 is 2.60 bits per heavy atom. The third-order valence-electron chi connectivity index (χ3n) is 3.76. The molecule has 3 rings (SSSR count). The minimum atomic E-state index is -0.128. The fourth-order valence-electron chi connectivity index (χ4n) is 2.61. The summed E-state index contributed by atoms with van der Waals surface area (Å²) in [5.74, 6) is 0.257. The van der Waals surface area contributed by atoms with E-state index in [4.69, 9.17) is 10.2 Å². The van der Waals surface area contributed by atoms with Crippen LogP contribution in [0.1, 0.15) is 36.2 Å². The molecule has 0 bridgehead atoms. The maximum Gasteiger partial charge on any atom is 0.287 e. The highest BCUT2D eigenvalue weighted by Crippen LogP contribution is 2.20. The Kier molecular flexibility index (Phi) is 4.68. The summed E-state index contributed by atoms with van der Waals surface area (Å²) >= 11 is 0. The van der Waals surface area contributed by atoms with Crippen molar-refractivity contribution in [2.75, 3.05) is 0 Å². The van der Waals surface area contributed by atoms with Crippen LogP contribution >= 0.6 is 12.4 Å². The van der Waals surface area contributed by atoms with Crippen molar-refractivity contribution in [3.05, 3.63) is 36.1 Å². The molecule has 4 nitrogen and oxygen atoms in total.